The van der Waals surface area contributed by atoms with Gasteiger partial charge >= 0.3 is 0 Å². The van der Waals surface area contributed by atoms with Gasteiger partial charge in [0.2, 0.25) is 0 Å². The maximum absolute atomic E-state index is 12.6. The van der Waals surface area contributed by atoms with E-state index in [0.717, 1.165) is 35.7 Å². The van der Waals surface area contributed by atoms with Gasteiger partial charge in [0.15, 0.2) is 5.78 Å². The van der Waals surface area contributed by atoms with E-state index in [9.17, 15) is 4.79 Å². The van der Waals surface area contributed by atoms with Crippen molar-refractivity contribution in [2.24, 2.45) is 5.41 Å². The molecule has 0 heterocycles. The molecule has 0 unspecified atom stereocenters. The molecule has 0 bridgehead atoms. The van der Waals surface area contributed by atoms with Crippen LogP contribution in [-0.4, -0.2) is 5.78 Å². The molecule has 0 aromatic heterocycles. The van der Waals surface area contributed by atoms with E-state index >= 15 is 0 Å². The summed E-state index contributed by atoms with van der Waals surface area (Å²) in [4.78, 5) is 12.6. The molecule has 1 rings (SSSR count). The molecule has 0 aliphatic carbocycles. The summed E-state index contributed by atoms with van der Waals surface area (Å²) in [6.45, 7) is 6.43. The number of hydrogen-bond donors (Lipinski definition) is 0. The molecule has 0 atom stereocenters. The number of carbonyl (C=O) groups excluding carboxylic acids is 1. The Morgan fingerprint density at radius 1 is 1.11 bits per heavy atom. The maximum Gasteiger partial charge on any atom is 0.168 e. The van der Waals surface area contributed by atoms with Crippen LogP contribution in [0.5, 0.6) is 0 Å². The fourth-order valence-electron chi connectivity index (χ4n) is 2.55. The second-order valence-electron chi connectivity index (χ2n) is 5.22. The van der Waals surface area contributed by atoms with Gasteiger partial charge in [0.1, 0.15) is 0 Å². The van der Waals surface area contributed by atoms with Crippen molar-refractivity contribution < 1.29 is 4.79 Å². The summed E-state index contributed by atoms with van der Waals surface area (Å²) in [5, 5.41) is 0. The van der Waals surface area contributed by atoms with Gasteiger partial charge in [-0.1, -0.05) is 80.5 Å². The second kappa shape index (κ2) is 7.27. The molecule has 0 spiro atoms. The molecular formula is C16H23IO. The van der Waals surface area contributed by atoms with Crippen molar-refractivity contribution in [1.29, 1.82) is 0 Å². The van der Waals surface area contributed by atoms with E-state index in [0.29, 0.717) is 5.78 Å². The molecule has 0 fully saturated rings. The van der Waals surface area contributed by atoms with Crippen molar-refractivity contribution in [2.45, 2.75) is 50.9 Å². The topological polar surface area (TPSA) is 17.1 Å². The molecule has 0 amide bonds. The predicted molar refractivity (Wildman–Crippen MR) is 86.4 cm³/mol. The molecule has 2 heteroatoms. The molecule has 0 saturated heterocycles. The number of benzene rings is 1. The van der Waals surface area contributed by atoms with Gasteiger partial charge < -0.3 is 0 Å². The number of rotatable bonds is 7. The molecule has 0 radical (unpaired) electrons. The van der Waals surface area contributed by atoms with Crippen molar-refractivity contribution in [3.8, 4) is 0 Å². The molecule has 0 aliphatic heterocycles. The fourth-order valence-corrected chi connectivity index (χ4v) is 3.06. The van der Waals surface area contributed by atoms with Crippen LogP contribution in [0.25, 0.3) is 0 Å². The number of alkyl halides is 1. The van der Waals surface area contributed by atoms with Crippen LogP contribution >= 0.6 is 22.6 Å². The summed E-state index contributed by atoms with van der Waals surface area (Å²) in [5.74, 6) is 0.311. The molecule has 1 aromatic carbocycles. The first-order valence-corrected chi connectivity index (χ1v) is 8.29. The molecular weight excluding hydrogens is 335 g/mol. The minimum absolute atomic E-state index is 0.185. The third-order valence-electron chi connectivity index (χ3n) is 3.52. The lowest BCUT2D eigenvalue weighted by molar-refractivity contribution is 0.0784. The van der Waals surface area contributed by atoms with Crippen LogP contribution in [0.15, 0.2) is 24.3 Å². The average Bonchev–Trinajstić information content (AvgIpc) is 2.38. The van der Waals surface area contributed by atoms with Gasteiger partial charge in [-0.25, -0.2) is 0 Å². The smallest absolute Gasteiger partial charge is 0.168 e. The maximum atomic E-state index is 12.6. The average molecular weight is 358 g/mol. The standard InChI is InChI=1S/C16H23IO/c1-4-10-16(3,11-5-2)15(18)14-8-6-13(12-17)7-9-14/h6-9H,4-5,10-12H2,1-3H3. The lowest BCUT2D eigenvalue weighted by Crippen LogP contribution is -2.27. The molecule has 0 N–H and O–H groups in total. The molecule has 18 heavy (non-hydrogen) atoms. The summed E-state index contributed by atoms with van der Waals surface area (Å²) < 4.78 is 0.993. The summed E-state index contributed by atoms with van der Waals surface area (Å²) >= 11 is 2.34. The van der Waals surface area contributed by atoms with E-state index in [2.05, 4.69) is 55.5 Å². The first-order chi connectivity index (χ1) is 8.57. The van der Waals surface area contributed by atoms with Gasteiger partial charge in [-0.2, -0.15) is 0 Å². The number of Topliss-reactive ketones (excluding diaryl/α,β-unsaturated/α-hetero) is 1. The van der Waals surface area contributed by atoms with Crippen LogP contribution in [-0.2, 0) is 4.43 Å². The highest BCUT2D eigenvalue weighted by Gasteiger charge is 2.31. The van der Waals surface area contributed by atoms with E-state index in [1.54, 1.807) is 0 Å². The van der Waals surface area contributed by atoms with Crippen LogP contribution in [0, 0.1) is 5.41 Å². The molecule has 1 aromatic rings. The van der Waals surface area contributed by atoms with Crippen LogP contribution in [0.4, 0.5) is 0 Å². The van der Waals surface area contributed by atoms with Crippen molar-refractivity contribution in [3.63, 3.8) is 0 Å². The molecule has 1 nitrogen and oxygen atoms in total. The van der Waals surface area contributed by atoms with Gasteiger partial charge in [-0.3, -0.25) is 4.79 Å². The minimum Gasteiger partial charge on any atom is -0.294 e. The largest absolute Gasteiger partial charge is 0.294 e. The van der Waals surface area contributed by atoms with Crippen LogP contribution < -0.4 is 0 Å². The first kappa shape index (κ1) is 15.7. The highest BCUT2D eigenvalue weighted by atomic mass is 127. The van der Waals surface area contributed by atoms with E-state index < -0.39 is 0 Å². The highest BCUT2D eigenvalue weighted by molar-refractivity contribution is 14.1. The first-order valence-electron chi connectivity index (χ1n) is 6.77. The summed E-state index contributed by atoms with van der Waals surface area (Å²) in [6.07, 6.45) is 4.09. The normalized spacial score (nSPS) is 11.6. The number of halogens is 1. The lowest BCUT2D eigenvalue weighted by atomic mass is 9.75. The monoisotopic (exact) mass is 358 g/mol. The second-order valence-corrected chi connectivity index (χ2v) is 5.98. The van der Waals surface area contributed by atoms with E-state index in [-0.39, 0.29) is 5.41 Å². The highest BCUT2D eigenvalue weighted by Crippen LogP contribution is 2.33. The Labute approximate surface area is 125 Å². The summed E-state index contributed by atoms with van der Waals surface area (Å²) in [7, 11) is 0. The van der Waals surface area contributed by atoms with Crippen molar-refractivity contribution in [1.82, 2.24) is 0 Å². The van der Waals surface area contributed by atoms with Crippen molar-refractivity contribution >= 4 is 28.4 Å². The number of hydrogen-bond acceptors (Lipinski definition) is 1. The van der Waals surface area contributed by atoms with Crippen LogP contribution in [0.3, 0.4) is 0 Å². The minimum atomic E-state index is -0.185. The van der Waals surface area contributed by atoms with Gasteiger partial charge in [-0.05, 0) is 18.4 Å². The Morgan fingerprint density at radius 3 is 2.00 bits per heavy atom. The number of ketones is 1. The zero-order chi connectivity index (χ0) is 13.6. The summed E-state index contributed by atoms with van der Waals surface area (Å²) in [5.41, 5.74) is 1.96. The third-order valence-corrected chi connectivity index (χ3v) is 4.40. The fraction of sp³-hybridized carbons (Fsp3) is 0.562. The van der Waals surface area contributed by atoms with Crippen molar-refractivity contribution in [3.05, 3.63) is 35.4 Å². The Morgan fingerprint density at radius 2 is 1.61 bits per heavy atom. The van der Waals surface area contributed by atoms with E-state index in [4.69, 9.17) is 0 Å². The van der Waals surface area contributed by atoms with Crippen LogP contribution in [0.1, 0.15) is 62.4 Å². The van der Waals surface area contributed by atoms with Gasteiger partial charge in [0.25, 0.3) is 0 Å². The molecule has 0 saturated carbocycles. The van der Waals surface area contributed by atoms with E-state index in [1.165, 1.54) is 5.56 Å². The Bertz CT molecular complexity index is 375. The Hall–Kier alpha value is -0.380. The third kappa shape index (κ3) is 3.81. The van der Waals surface area contributed by atoms with Gasteiger partial charge in [0.05, 0.1) is 0 Å². The van der Waals surface area contributed by atoms with Gasteiger partial charge in [0, 0.05) is 15.4 Å². The zero-order valence-electron chi connectivity index (χ0n) is 11.6. The van der Waals surface area contributed by atoms with Crippen molar-refractivity contribution in [2.75, 3.05) is 0 Å². The Kier molecular flexibility index (Phi) is 6.33. The van der Waals surface area contributed by atoms with Crippen LogP contribution in [0.2, 0.25) is 0 Å². The quantitative estimate of drug-likeness (QED) is 0.362. The SMILES string of the molecule is CCCC(C)(CCC)C(=O)c1ccc(CI)cc1. The Balaban J connectivity index is 2.94. The number of carbonyl (C=O) groups is 1. The predicted octanol–water partition coefficient (Wildman–Crippen LogP) is 5.41. The summed E-state index contributed by atoms with van der Waals surface area (Å²) in [6, 6.07) is 8.11. The van der Waals surface area contributed by atoms with Gasteiger partial charge in [-0.15, -0.1) is 0 Å². The molecule has 0 aliphatic rings. The molecule has 100 valence electrons. The van der Waals surface area contributed by atoms with E-state index in [1.807, 2.05) is 12.1 Å². The zero-order valence-corrected chi connectivity index (χ0v) is 13.8. The lowest BCUT2D eigenvalue weighted by Gasteiger charge is -2.27.